The van der Waals surface area contributed by atoms with E-state index in [0.717, 1.165) is 43.0 Å². The molecule has 2 rings (SSSR count). The molecule has 2 aromatic rings. The predicted octanol–water partition coefficient (Wildman–Crippen LogP) is 6.25. The van der Waals surface area contributed by atoms with Gasteiger partial charge in [0.1, 0.15) is 12.4 Å². The lowest BCUT2D eigenvalue weighted by Gasteiger charge is -2.22. The number of urea groups is 1. The summed E-state index contributed by atoms with van der Waals surface area (Å²) < 4.78 is 29.5. The number of nitrogens with one attached hydrogen (secondary N) is 1. The first-order valence-corrected chi connectivity index (χ1v) is 13.1. The second-order valence-corrected chi connectivity index (χ2v) is 8.51. The topological polar surface area (TPSA) is 97.3 Å². The minimum absolute atomic E-state index is 0.155. The Bertz CT molecular complexity index is 1070. The maximum atomic E-state index is 13.3. The molecular weight excluding hydrogens is 491 g/mol. The summed E-state index contributed by atoms with van der Waals surface area (Å²) >= 11 is 0. The Balaban J connectivity index is 2.40. The number of hydrogen-bond donors (Lipinski definition) is 2. The van der Waals surface area contributed by atoms with Crippen molar-refractivity contribution >= 4 is 23.8 Å². The van der Waals surface area contributed by atoms with Gasteiger partial charge in [0, 0.05) is 37.9 Å². The minimum Gasteiger partial charge on any atom is -0.491 e. The van der Waals surface area contributed by atoms with Gasteiger partial charge in [-0.15, -0.1) is 0 Å². The van der Waals surface area contributed by atoms with Crippen molar-refractivity contribution in [3.63, 3.8) is 0 Å². The van der Waals surface area contributed by atoms with Crippen LogP contribution in [0.4, 0.5) is 14.9 Å². The fourth-order valence-corrected chi connectivity index (χ4v) is 3.76. The van der Waals surface area contributed by atoms with Crippen molar-refractivity contribution in [1.82, 2.24) is 5.32 Å². The van der Waals surface area contributed by atoms with Crippen molar-refractivity contribution in [3.8, 4) is 16.9 Å². The lowest BCUT2D eigenvalue weighted by atomic mass is 10.0. The summed E-state index contributed by atoms with van der Waals surface area (Å²) in [6.07, 6.45) is 2.55. The molecule has 0 saturated carbocycles. The third-order valence-electron chi connectivity index (χ3n) is 5.58. The number of amides is 2. The molecule has 0 radical (unpaired) electrons. The van der Waals surface area contributed by atoms with Crippen LogP contribution >= 0.6 is 0 Å². The van der Waals surface area contributed by atoms with Gasteiger partial charge in [0.15, 0.2) is 0 Å². The van der Waals surface area contributed by atoms with Crippen molar-refractivity contribution < 1.29 is 33.3 Å². The Kier molecular flexibility index (Phi) is 13.1. The average Bonchev–Trinajstić information content (AvgIpc) is 2.89. The molecule has 0 aromatic heterocycles. The normalized spacial score (nSPS) is 12.1. The number of rotatable bonds is 16. The second-order valence-electron chi connectivity index (χ2n) is 8.51. The molecule has 2 amide bonds. The zero-order chi connectivity index (χ0) is 27.9. The van der Waals surface area contributed by atoms with E-state index in [2.05, 4.69) is 12.2 Å². The summed E-state index contributed by atoms with van der Waals surface area (Å²) in [5, 5.41) is 12.4. The van der Waals surface area contributed by atoms with Crippen LogP contribution in [0.15, 0.2) is 48.2 Å². The second kappa shape index (κ2) is 16.3. The Morgan fingerprint density at radius 2 is 1.89 bits per heavy atom. The highest BCUT2D eigenvalue weighted by Crippen LogP contribution is 2.34. The number of hydrogen-bond acceptors (Lipinski definition) is 5. The fourth-order valence-electron chi connectivity index (χ4n) is 3.76. The SMILES string of the molecule is CCCCCNC(=O)N(CC)c1cccc(-c2ccc(C=C(OC(C)F)C(=O)O)cc2OCCOCC)c1. The van der Waals surface area contributed by atoms with Gasteiger partial charge in [-0.3, -0.25) is 4.90 Å². The zero-order valence-corrected chi connectivity index (χ0v) is 22.7. The number of carboxylic acid groups (broad SMARTS) is 1. The number of benzene rings is 2. The van der Waals surface area contributed by atoms with Crippen LogP contribution < -0.4 is 15.0 Å². The number of anilines is 1. The molecule has 1 atom stereocenters. The largest absolute Gasteiger partial charge is 0.491 e. The standard InChI is InChI=1S/C29H39FN2O6/c1-5-8-9-15-31-29(35)32(6-2)24-12-10-11-23(20-24)25-14-13-22(18-26(25)37-17-16-36-7-3)19-27(28(33)34)38-21(4)30/h10-14,18-21H,5-9,15-17H2,1-4H3,(H,31,35)(H,33,34). The molecule has 38 heavy (non-hydrogen) atoms. The van der Waals surface area contributed by atoms with E-state index < -0.39 is 18.1 Å². The number of carbonyl (C=O) groups is 2. The Morgan fingerprint density at radius 1 is 1.11 bits per heavy atom. The fraction of sp³-hybridized carbons (Fsp3) is 0.448. The first kappa shape index (κ1) is 30.6. The molecule has 9 heteroatoms. The highest BCUT2D eigenvalue weighted by molar-refractivity contribution is 5.93. The third kappa shape index (κ3) is 9.70. The third-order valence-corrected chi connectivity index (χ3v) is 5.58. The molecule has 0 bridgehead atoms. The number of alkyl halides is 1. The van der Waals surface area contributed by atoms with Crippen LogP contribution in [-0.2, 0) is 14.3 Å². The van der Waals surface area contributed by atoms with Crippen molar-refractivity contribution in [2.45, 2.75) is 53.3 Å². The number of nitrogens with zero attached hydrogens (tertiary/aromatic N) is 1. The Morgan fingerprint density at radius 3 is 2.55 bits per heavy atom. The zero-order valence-electron chi connectivity index (χ0n) is 22.7. The van der Waals surface area contributed by atoms with Gasteiger partial charge in [-0.25, -0.2) is 14.0 Å². The summed E-state index contributed by atoms with van der Waals surface area (Å²) in [5.74, 6) is -1.41. The van der Waals surface area contributed by atoms with Crippen LogP contribution in [0.5, 0.6) is 5.75 Å². The van der Waals surface area contributed by atoms with E-state index in [0.29, 0.717) is 37.6 Å². The molecule has 2 aromatic carbocycles. The van der Waals surface area contributed by atoms with Crippen molar-refractivity contribution in [2.75, 3.05) is 37.8 Å². The van der Waals surface area contributed by atoms with Crippen LogP contribution in [-0.4, -0.2) is 56.4 Å². The van der Waals surface area contributed by atoms with Crippen LogP contribution in [0.1, 0.15) is 52.5 Å². The highest BCUT2D eigenvalue weighted by atomic mass is 19.1. The maximum absolute atomic E-state index is 13.3. The average molecular weight is 531 g/mol. The Hall–Kier alpha value is -3.59. The van der Waals surface area contributed by atoms with E-state index in [-0.39, 0.29) is 12.6 Å². The van der Waals surface area contributed by atoms with Gasteiger partial charge >= 0.3 is 12.0 Å². The molecule has 0 aliphatic heterocycles. The summed E-state index contributed by atoms with van der Waals surface area (Å²) in [6.45, 7) is 9.36. The van der Waals surface area contributed by atoms with Gasteiger partial charge in [-0.2, -0.15) is 0 Å². The van der Waals surface area contributed by atoms with Crippen molar-refractivity contribution in [2.24, 2.45) is 0 Å². The Labute approximate surface area is 224 Å². The van der Waals surface area contributed by atoms with E-state index in [1.165, 1.54) is 6.08 Å². The van der Waals surface area contributed by atoms with Crippen LogP contribution in [0.25, 0.3) is 17.2 Å². The van der Waals surface area contributed by atoms with Crippen LogP contribution in [0, 0.1) is 0 Å². The lowest BCUT2D eigenvalue weighted by molar-refractivity contribution is -0.139. The molecule has 0 saturated heterocycles. The van der Waals surface area contributed by atoms with E-state index in [1.54, 1.807) is 23.1 Å². The van der Waals surface area contributed by atoms with Gasteiger partial charge in [0.05, 0.1) is 6.61 Å². The maximum Gasteiger partial charge on any atom is 0.371 e. The van der Waals surface area contributed by atoms with E-state index in [4.69, 9.17) is 14.2 Å². The highest BCUT2D eigenvalue weighted by Gasteiger charge is 2.17. The molecule has 1 unspecified atom stereocenters. The summed E-state index contributed by atoms with van der Waals surface area (Å²) in [6, 6.07) is 12.6. The molecule has 0 fully saturated rings. The molecule has 0 aliphatic carbocycles. The van der Waals surface area contributed by atoms with E-state index >= 15 is 0 Å². The summed E-state index contributed by atoms with van der Waals surface area (Å²) in [5.41, 5.74) is 2.77. The van der Waals surface area contributed by atoms with Crippen LogP contribution in [0.2, 0.25) is 0 Å². The smallest absolute Gasteiger partial charge is 0.371 e. The number of ether oxygens (including phenoxy) is 3. The molecule has 0 spiro atoms. The lowest BCUT2D eigenvalue weighted by Crippen LogP contribution is -2.40. The molecule has 0 aliphatic rings. The number of carboxylic acids is 1. The molecule has 0 heterocycles. The van der Waals surface area contributed by atoms with Crippen molar-refractivity contribution in [3.05, 3.63) is 53.8 Å². The number of halogens is 1. The van der Waals surface area contributed by atoms with Crippen LogP contribution in [0.3, 0.4) is 0 Å². The van der Waals surface area contributed by atoms with Gasteiger partial charge in [-0.05, 0) is 55.7 Å². The monoisotopic (exact) mass is 530 g/mol. The quantitative estimate of drug-likeness (QED) is 0.151. The number of unbranched alkanes of at least 4 members (excludes halogenated alkanes) is 2. The minimum atomic E-state index is -1.77. The van der Waals surface area contributed by atoms with Gasteiger partial charge in [-0.1, -0.05) is 44.0 Å². The van der Waals surface area contributed by atoms with E-state index in [9.17, 15) is 19.1 Å². The first-order valence-electron chi connectivity index (χ1n) is 13.1. The molecular formula is C29H39FN2O6. The summed E-state index contributed by atoms with van der Waals surface area (Å²) in [7, 11) is 0. The number of carbonyl (C=O) groups excluding carboxylic acids is 1. The van der Waals surface area contributed by atoms with E-state index in [1.807, 2.05) is 38.1 Å². The number of aliphatic carboxylic acids is 1. The van der Waals surface area contributed by atoms with Gasteiger partial charge in [0.25, 0.3) is 0 Å². The first-order chi connectivity index (χ1) is 18.3. The summed E-state index contributed by atoms with van der Waals surface area (Å²) in [4.78, 5) is 26.0. The molecule has 208 valence electrons. The van der Waals surface area contributed by atoms with Gasteiger partial charge < -0.3 is 24.6 Å². The molecule has 2 N–H and O–H groups in total. The molecule has 8 nitrogen and oxygen atoms in total. The van der Waals surface area contributed by atoms with Gasteiger partial charge in [0.2, 0.25) is 12.1 Å². The predicted molar refractivity (Wildman–Crippen MR) is 147 cm³/mol. The van der Waals surface area contributed by atoms with Crippen molar-refractivity contribution in [1.29, 1.82) is 0 Å².